The number of aliphatic hydroxyl groups excluding tert-OH is 4. The number of carbonyl (C=O) groups is 8. The molecule has 28 heteroatoms. The zero-order valence-corrected chi connectivity index (χ0v) is 47.0. The summed E-state index contributed by atoms with van der Waals surface area (Å²) in [6, 6.07) is 9.08. The molecule has 4 aliphatic rings. The monoisotopic (exact) mass is 1190 g/mol. The minimum absolute atomic E-state index is 0.00138. The number of benzene rings is 2. The Kier molecular flexibility index (Phi) is 20.6. The first-order valence-electron chi connectivity index (χ1n) is 27.9. The van der Waals surface area contributed by atoms with Crippen molar-refractivity contribution in [3.63, 3.8) is 0 Å². The second-order valence-corrected chi connectivity index (χ2v) is 21.3. The van der Waals surface area contributed by atoms with E-state index >= 15 is 4.39 Å². The van der Waals surface area contributed by atoms with Crippen LogP contribution in [0.5, 0.6) is 0 Å². The highest BCUT2D eigenvalue weighted by Gasteiger charge is 2.47. The van der Waals surface area contributed by atoms with Gasteiger partial charge in [0.05, 0.1) is 62.4 Å². The van der Waals surface area contributed by atoms with E-state index < -0.39 is 133 Å². The topological polar surface area (TPSA) is 394 Å². The van der Waals surface area contributed by atoms with E-state index in [4.69, 9.17) is 19.2 Å². The number of nitrogens with zero attached hydrogens (tertiary/aromatic N) is 2. The Morgan fingerprint density at radius 2 is 1.54 bits per heavy atom. The predicted molar refractivity (Wildman–Crippen MR) is 295 cm³/mol. The van der Waals surface area contributed by atoms with E-state index in [0.717, 1.165) is 29.2 Å². The Labute approximate surface area is 485 Å². The quantitative estimate of drug-likeness (QED) is 0.0170. The van der Waals surface area contributed by atoms with Gasteiger partial charge in [-0.2, -0.15) is 0 Å². The van der Waals surface area contributed by atoms with Gasteiger partial charge in [-0.1, -0.05) is 37.3 Å². The molecule has 3 aliphatic heterocycles. The number of esters is 1. The van der Waals surface area contributed by atoms with Crippen molar-refractivity contribution in [2.24, 2.45) is 0 Å². The third-order valence-corrected chi connectivity index (χ3v) is 15.9. The maximum absolute atomic E-state index is 15.4. The average Bonchev–Trinajstić information content (AvgIpc) is 1.73. The normalized spacial score (nSPS) is 21.6. The summed E-state index contributed by atoms with van der Waals surface area (Å²) in [6.07, 6.45) is -6.54. The summed E-state index contributed by atoms with van der Waals surface area (Å²) in [6.45, 7) is 0.462. The number of halogens is 1. The Hall–Kier alpha value is -7.99. The average molecular weight is 1190 g/mol. The number of aliphatic hydroxyl groups is 5. The van der Waals surface area contributed by atoms with Gasteiger partial charge >= 0.3 is 12.1 Å². The molecule has 9 atom stereocenters. The van der Waals surface area contributed by atoms with Gasteiger partial charge in [-0.25, -0.2) is 19.0 Å². The van der Waals surface area contributed by atoms with Crippen molar-refractivity contribution in [3.05, 3.63) is 97.6 Å². The molecule has 85 heavy (non-hydrogen) atoms. The Balaban J connectivity index is 0.788. The maximum Gasteiger partial charge on any atom is 0.407 e. The number of aryl methyl sites for hydroxylation is 1. The zero-order valence-electron chi connectivity index (χ0n) is 47.0. The van der Waals surface area contributed by atoms with Crippen LogP contribution in [-0.2, 0) is 84.1 Å². The summed E-state index contributed by atoms with van der Waals surface area (Å²) in [4.78, 5) is 122. The summed E-state index contributed by atoms with van der Waals surface area (Å²) in [5.74, 6) is -5.83. The van der Waals surface area contributed by atoms with Crippen LogP contribution in [0.4, 0.5) is 9.18 Å². The second kappa shape index (κ2) is 27.8. The van der Waals surface area contributed by atoms with E-state index in [1.54, 1.807) is 54.8 Å². The minimum atomic E-state index is -2.01. The fraction of sp³-hybridized carbons (Fsp3) is 0.509. The molecule has 1 unspecified atom stereocenters. The van der Waals surface area contributed by atoms with Gasteiger partial charge in [-0.15, -0.1) is 0 Å². The summed E-state index contributed by atoms with van der Waals surface area (Å²) in [5, 5.41) is 68.9. The first-order valence-corrected chi connectivity index (χ1v) is 27.9. The molecule has 7 amide bonds. The van der Waals surface area contributed by atoms with Gasteiger partial charge in [-0.3, -0.25) is 33.6 Å². The molecule has 27 nitrogen and oxygen atoms in total. The molecule has 0 saturated carbocycles. The van der Waals surface area contributed by atoms with Gasteiger partial charge in [0.15, 0.2) is 5.60 Å². The summed E-state index contributed by atoms with van der Waals surface area (Å²) < 4.78 is 37.9. The van der Waals surface area contributed by atoms with E-state index in [-0.39, 0.29) is 75.8 Å². The molecule has 0 spiro atoms. The number of rotatable bonds is 25. The lowest BCUT2D eigenvalue weighted by Crippen LogP contribution is -2.60. The van der Waals surface area contributed by atoms with Gasteiger partial charge in [-0.05, 0) is 79.7 Å². The van der Waals surface area contributed by atoms with Crippen LogP contribution < -0.4 is 42.8 Å². The lowest BCUT2D eigenvalue weighted by atomic mass is 9.76. The number of amides is 7. The Morgan fingerprint density at radius 3 is 2.25 bits per heavy atom. The number of aromatic nitrogens is 2. The largest absolute Gasteiger partial charge is 0.458 e. The van der Waals surface area contributed by atoms with E-state index in [1.165, 1.54) is 6.07 Å². The van der Waals surface area contributed by atoms with Crippen LogP contribution in [0.25, 0.3) is 22.3 Å². The number of cyclic esters (lactones) is 1. The van der Waals surface area contributed by atoms with Gasteiger partial charge in [0.25, 0.3) is 5.56 Å². The molecule has 1 aliphatic carbocycles. The standard InChI is InChI=1S/C57H70FN9O18/c1-4-57(81)34-18-39-48-32(24-67(39)54(78)33(34)26-84-55(57)79)46-30(12-13-31-28(2)35(58)19-37(65-48)47(31)46)11-8-16-83-27-63-44(71)22-62-53(77)38(17-29-9-6-5-7-10-29)64-45(72)23-60-43(70)21-61-52(76)36(66-56(80)82-3)14-15-42(69)59-20-40-49(73)51(75)50(74)41(25-68)85-40/h5-7,9-10,18-19,30,36,38,40-41,49-51,68,73-75,81H,4,8,11-17,20-27H2,1-3H3,(H,59,69)(H,60,70)(H,61,76)(H,62,77)(H,63,71)(H,64,72)(H,66,80)/t30?,36-,38-,40-,41+,49-,50+,51+,57-/m0/s1. The van der Waals surface area contributed by atoms with Crippen LogP contribution in [-0.4, -0.2) is 178 Å². The summed E-state index contributed by atoms with van der Waals surface area (Å²) in [5.41, 5.74) is 3.10. The second-order valence-electron chi connectivity index (χ2n) is 21.3. The molecule has 458 valence electrons. The zero-order chi connectivity index (χ0) is 61.3. The maximum atomic E-state index is 15.4. The minimum Gasteiger partial charge on any atom is -0.458 e. The molecular weight excluding hydrogens is 1120 g/mol. The SMILES string of the molecule is CC[C@@]1(O)C(=O)OCc2c1cc1n(c2=O)Cc2c-1nc1cc(F)c(C)c3c1c2C(CCCOCNC(=O)CNC(=O)[C@H](Cc1ccccc1)NC(=O)CNC(=O)CNC(=O)[C@H](CCC(=O)NC[C@@H]1O[C@H](CO)[C@@H](O)[C@H](O)[C@H]1O)NC(=O)OC)CC3. The van der Waals surface area contributed by atoms with Crippen molar-refractivity contribution in [3.8, 4) is 11.4 Å². The van der Waals surface area contributed by atoms with Crippen LogP contribution in [0, 0.1) is 12.7 Å². The van der Waals surface area contributed by atoms with Gasteiger partial charge < -0.3 is 86.3 Å². The molecule has 2 aromatic heterocycles. The lowest BCUT2D eigenvalue weighted by Gasteiger charge is -2.40. The van der Waals surface area contributed by atoms with Crippen LogP contribution in [0.1, 0.15) is 90.3 Å². The molecule has 5 heterocycles. The summed E-state index contributed by atoms with van der Waals surface area (Å²) in [7, 11) is 1.04. The van der Waals surface area contributed by atoms with Crippen LogP contribution in [0.2, 0.25) is 0 Å². The van der Waals surface area contributed by atoms with Crippen molar-refractivity contribution in [1.29, 1.82) is 0 Å². The summed E-state index contributed by atoms with van der Waals surface area (Å²) >= 11 is 0. The van der Waals surface area contributed by atoms with Crippen LogP contribution in [0.15, 0.2) is 47.3 Å². The molecule has 1 fully saturated rings. The van der Waals surface area contributed by atoms with Gasteiger partial charge in [0, 0.05) is 48.6 Å². The predicted octanol–water partition coefficient (Wildman–Crippen LogP) is -2.03. The third kappa shape index (κ3) is 14.2. The molecule has 0 radical (unpaired) electrons. The van der Waals surface area contributed by atoms with E-state index in [1.807, 2.05) is 0 Å². The lowest BCUT2D eigenvalue weighted by molar-refractivity contribution is -0.227. The number of pyridine rings is 2. The first kappa shape index (κ1) is 63.0. The smallest absolute Gasteiger partial charge is 0.407 e. The van der Waals surface area contributed by atoms with E-state index in [9.17, 15) is 68.7 Å². The van der Waals surface area contributed by atoms with Crippen molar-refractivity contribution in [2.75, 3.05) is 53.2 Å². The van der Waals surface area contributed by atoms with Crippen molar-refractivity contribution >= 4 is 58.4 Å². The van der Waals surface area contributed by atoms with E-state index in [0.29, 0.717) is 53.7 Å². The van der Waals surface area contributed by atoms with Gasteiger partial charge in [0.1, 0.15) is 61.8 Å². The molecule has 4 aromatic rings. The fourth-order valence-electron chi connectivity index (χ4n) is 11.2. The molecule has 2 aromatic carbocycles. The first-order chi connectivity index (χ1) is 40.7. The van der Waals surface area contributed by atoms with Gasteiger partial charge in [0.2, 0.25) is 35.4 Å². The number of carbonyl (C=O) groups excluding carboxylic acids is 8. The highest BCUT2D eigenvalue weighted by atomic mass is 19.1. The molecule has 8 rings (SSSR count). The fourth-order valence-corrected chi connectivity index (χ4v) is 11.2. The highest BCUT2D eigenvalue weighted by Crippen LogP contribution is 2.47. The van der Waals surface area contributed by atoms with Crippen LogP contribution in [0.3, 0.4) is 0 Å². The number of nitrogens with one attached hydrogen (secondary N) is 7. The van der Waals surface area contributed by atoms with Crippen LogP contribution >= 0.6 is 0 Å². The molecule has 12 N–H and O–H groups in total. The number of methoxy groups -OCH3 is 1. The number of alkyl carbamates (subject to hydrolysis) is 1. The number of ether oxygens (including phenoxy) is 4. The Morgan fingerprint density at radius 1 is 0.847 bits per heavy atom. The Bertz CT molecular complexity index is 3270. The van der Waals surface area contributed by atoms with Crippen molar-refractivity contribution in [1.82, 2.24) is 46.8 Å². The molecule has 1 saturated heterocycles. The number of fused-ring (bicyclic) bond motifs is 5. The molecular formula is C57H70FN9O18. The molecule has 0 bridgehead atoms. The van der Waals surface area contributed by atoms with Crippen molar-refractivity contribution in [2.45, 2.75) is 132 Å². The number of hydrogen-bond donors (Lipinski definition) is 12. The van der Waals surface area contributed by atoms with E-state index in [2.05, 4.69) is 42.0 Å². The third-order valence-electron chi connectivity index (χ3n) is 15.9. The highest BCUT2D eigenvalue weighted by molar-refractivity contribution is 5.95. The van der Waals surface area contributed by atoms with Crippen molar-refractivity contribution < 1.29 is 87.2 Å². The number of hydrogen-bond acceptors (Lipinski definition) is 19.